The molecule has 1 unspecified atom stereocenters. The molecule has 1 N–H and O–H groups in total. The standard InChI is InChI=1S/C14H28N2O/c1-2-14(17)12-16-9-6-13(11-16)10-15-7-4-3-5-8-15/h13-14,17H,2-12H2,1H3/t13?,14-/m1/s1. The van der Waals surface area contributed by atoms with E-state index in [1.807, 2.05) is 0 Å². The summed E-state index contributed by atoms with van der Waals surface area (Å²) < 4.78 is 0. The van der Waals surface area contributed by atoms with E-state index in [4.69, 9.17) is 0 Å². The van der Waals surface area contributed by atoms with Crippen LogP contribution < -0.4 is 0 Å². The van der Waals surface area contributed by atoms with Crippen molar-refractivity contribution in [1.82, 2.24) is 9.80 Å². The van der Waals surface area contributed by atoms with Gasteiger partial charge in [0.05, 0.1) is 6.10 Å². The zero-order valence-electron chi connectivity index (χ0n) is 11.3. The lowest BCUT2D eigenvalue weighted by molar-refractivity contribution is 0.117. The third-order valence-corrected chi connectivity index (χ3v) is 4.28. The molecule has 0 aromatic rings. The first-order valence-electron chi connectivity index (χ1n) is 7.40. The zero-order valence-corrected chi connectivity index (χ0v) is 11.3. The average Bonchev–Trinajstić information content (AvgIpc) is 2.77. The number of nitrogens with zero attached hydrogens (tertiary/aromatic N) is 2. The molecule has 0 bridgehead atoms. The highest BCUT2D eigenvalue weighted by molar-refractivity contribution is 4.80. The molecule has 100 valence electrons. The molecule has 3 nitrogen and oxygen atoms in total. The van der Waals surface area contributed by atoms with Crippen LogP contribution in [0.4, 0.5) is 0 Å². The monoisotopic (exact) mass is 240 g/mol. The molecule has 2 rings (SSSR count). The fourth-order valence-corrected chi connectivity index (χ4v) is 3.16. The van der Waals surface area contributed by atoms with Crippen LogP contribution in [0.2, 0.25) is 0 Å². The van der Waals surface area contributed by atoms with Crippen LogP contribution in [0.1, 0.15) is 39.0 Å². The van der Waals surface area contributed by atoms with Gasteiger partial charge >= 0.3 is 0 Å². The minimum Gasteiger partial charge on any atom is -0.392 e. The number of rotatable bonds is 5. The average molecular weight is 240 g/mol. The molecule has 0 aromatic heterocycles. The van der Waals surface area contributed by atoms with Crippen molar-refractivity contribution in [3.05, 3.63) is 0 Å². The Morgan fingerprint density at radius 2 is 1.88 bits per heavy atom. The van der Waals surface area contributed by atoms with Gasteiger partial charge in [0.25, 0.3) is 0 Å². The number of likely N-dealkylation sites (tertiary alicyclic amines) is 2. The predicted molar refractivity (Wildman–Crippen MR) is 71.1 cm³/mol. The van der Waals surface area contributed by atoms with Gasteiger partial charge in [-0.1, -0.05) is 13.3 Å². The molecule has 2 aliphatic heterocycles. The molecule has 2 atom stereocenters. The molecular formula is C14H28N2O. The second-order valence-electron chi connectivity index (χ2n) is 5.84. The van der Waals surface area contributed by atoms with Gasteiger partial charge in [0.1, 0.15) is 0 Å². The summed E-state index contributed by atoms with van der Waals surface area (Å²) in [7, 11) is 0. The molecule has 2 saturated heterocycles. The predicted octanol–water partition coefficient (Wildman–Crippen LogP) is 1.57. The summed E-state index contributed by atoms with van der Waals surface area (Å²) in [5, 5.41) is 9.67. The molecule has 3 heteroatoms. The topological polar surface area (TPSA) is 26.7 Å². The molecule has 0 radical (unpaired) electrons. The van der Waals surface area contributed by atoms with E-state index >= 15 is 0 Å². The van der Waals surface area contributed by atoms with Crippen LogP contribution in [0.5, 0.6) is 0 Å². The van der Waals surface area contributed by atoms with Gasteiger partial charge in [-0.2, -0.15) is 0 Å². The summed E-state index contributed by atoms with van der Waals surface area (Å²) in [4.78, 5) is 5.09. The Kier molecular flexibility index (Phi) is 5.26. The number of aliphatic hydroxyl groups excluding tert-OH is 1. The Bertz CT molecular complexity index is 216. The normalized spacial score (nSPS) is 29.6. The molecule has 0 amide bonds. The number of hydrogen-bond acceptors (Lipinski definition) is 3. The Labute approximate surface area is 106 Å². The lowest BCUT2D eigenvalue weighted by atomic mass is 10.1. The third-order valence-electron chi connectivity index (χ3n) is 4.28. The lowest BCUT2D eigenvalue weighted by Crippen LogP contribution is -2.36. The first kappa shape index (κ1) is 13.3. The second-order valence-corrected chi connectivity index (χ2v) is 5.84. The second kappa shape index (κ2) is 6.72. The van der Waals surface area contributed by atoms with Crippen LogP contribution in [0.3, 0.4) is 0 Å². The van der Waals surface area contributed by atoms with E-state index in [1.165, 1.54) is 58.4 Å². The van der Waals surface area contributed by atoms with Crippen LogP contribution in [0.15, 0.2) is 0 Å². The smallest absolute Gasteiger partial charge is 0.0664 e. The molecule has 2 fully saturated rings. The van der Waals surface area contributed by atoms with E-state index in [1.54, 1.807) is 0 Å². The van der Waals surface area contributed by atoms with Crippen molar-refractivity contribution in [2.45, 2.75) is 45.1 Å². The van der Waals surface area contributed by atoms with Gasteiger partial charge in [-0.25, -0.2) is 0 Å². The van der Waals surface area contributed by atoms with Crippen LogP contribution in [-0.4, -0.2) is 60.3 Å². The highest BCUT2D eigenvalue weighted by Gasteiger charge is 2.25. The number of β-amino-alcohol motifs (C(OH)–C–C–N with tert-alkyl or cyclic N) is 1. The van der Waals surface area contributed by atoms with E-state index in [-0.39, 0.29) is 6.10 Å². The molecule has 17 heavy (non-hydrogen) atoms. The zero-order chi connectivity index (χ0) is 12.1. The van der Waals surface area contributed by atoms with E-state index in [9.17, 15) is 5.11 Å². The SMILES string of the molecule is CC[C@@H](O)CN1CCC(CN2CCCCC2)C1. The molecular weight excluding hydrogens is 212 g/mol. The highest BCUT2D eigenvalue weighted by atomic mass is 16.3. The molecule has 0 spiro atoms. The van der Waals surface area contributed by atoms with Crippen molar-refractivity contribution in [3.63, 3.8) is 0 Å². The Balaban J connectivity index is 1.66. The van der Waals surface area contributed by atoms with Crippen LogP contribution in [0, 0.1) is 5.92 Å². The van der Waals surface area contributed by atoms with Gasteiger partial charge < -0.3 is 14.9 Å². The maximum atomic E-state index is 9.67. The van der Waals surface area contributed by atoms with Gasteiger partial charge in [-0.05, 0) is 51.2 Å². The minimum atomic E-state index is -0.122. The molecule has 2 heterocycles. The van der Waals surface area contributed by atoms with E-state index in [2.05, 4.69) is 16.7 Å². The van der Waals surface area contributed by atoms with Gasteiger partial charge in [0, 0.05) is 19.6 Å². The van der Waals surface area contributed by atoms with Gasteiger partial charge in [-0.15, -0.1) is 0 Å². The quantitative estimate of drug-likeness (QED) is 0.790. The van der Waals surface area contributed by atoms with Crippen molar-refractivity contribution < 1.29 is 5.11 Å². The molecule has 0 aliphatic carbocycles. The van der Waals surface area contributed by atoms with Gasteiger partial charge in [-0.3, -0.25) is 0 Å². The van der Waals surface area contributed by atoms with Crippen LogP contribution in [-0.2, 0) is 0 Å². The Hall–Kier alpha value is -0.120. The Morgan fingerprint density at radius 1 is 1.12 bits per heavy atom. The van der Waals surface area contributed by atoms with Gasteiger partial charge in [0.2, 0.25) is 0 Å². The summed E-state index contributed by atoms with van der Waals surface area (Å²) in [5.41, 5.74) is 0. The number of piperidine rings is 1. The molecule has 0 saturated carbocycles. The summed E-state index contributed by atoms with van der Waals surface area (Å²) in [5.74, 6) is 0.845. The van der Waals surface area contributed by atoms with Crippen molar-refractivity contribution in [1.29, 1.82) is 0 Å². The molecule has 2 aliphatic rings. The minimum absolute atomic E-state index is 0.122. The molecule has 0 aromatic carbocycles. The summed E-state index contributed by atoms with van der Waals surface area (Å²) in [6, 6.07) is 0. The van der Waals surface area contributed by atoms with Crippen molar-refractivity contribution in [3.8, 4) is 0 Å². The summed E-state index contributed by atoms with van der Waals surface area (Å²) >= 11 is 0. The first-order valence-corrected chi connectivity index (χ1v) is 7.40. The third kappa shape index (κ3) is 4.23. The largest absolute Gasteiger partial charge is 0.392 e. The lowest BCUT2D eigenvalue weighted by Gasteiger charge is -2.29. The maximum absolute atomic E-state index is 9.67. The maximum Gasteiger partial charge on any atom is 0.0664 e. The Morgan fingerprint density at radius 3 is 2.59 bits per heavy atom. The summed E-state index contributed by atoms with van der Waals surface area (Å²) in [6.45, 7) is 9.25. The van der Waals surface area contributed by atoms with Crippen LogP contribution >= 0.6 is 0 Å². The van der Waals surface area contributed by atoms with Crippen molar-refractivity contribution >= 4 is 0 Å². The number of aliphatic hydroxyl groups is 1. The van der Waals surface area contributed by atoms with Crippen LogP contribution in [0.25, 0.3) is 0 Å². The van der Waals surface area contributed by atoms with Crippen molar-refractivity contribution in [2.24, 2.45) is 5.92 Å². The van der Waals surface area contributed by atoms with Gasteiger partial charge in [0.15, 0.2) is 0 Å². The first-order chi connectivity index (χ1) is 8.28. The number of hydrogen-bond donors (Lipinski definition) is 1. The fraction of sp³-hybridized carbons (Fsp3) is 1.00. The van der Waals surface area contributed by atoms with E-state index < -0.39 is 0 Å². The fourth-order valence-electron chi connectivity index (χ4n) is 3.16. The highest BCUT2D eigenvalue weighted by Crippen LogP contribution is 2.20. The van der Waals surface area contributed by atoms with E-state index in [0.29, 0.717) is 0 Å². The van der Waals surface area contributed by atoms with Crippen molar-refractivity contribution in [2.75, 3.05) is 39.3 Å². The summed E-state index contributed by atoms with van der Waals surface area (Å²) in [6.07, 6.45) is 6.30. The van der Waals surface area contributed by atoms with E-state index in [0.717, 1.165) is 18.9 Å².